The van der Waals surface area contributed by atoms with Crippen LogP contribution in [0.4, 0.5) is 5.82 Å². The smallest absolute Gasteiger partial charge is 0.196 e. The summed E-state index contributed by atoms with van der Waals surface area (Å²) in [4.78, 5) is 5.48. The molecule has 3 rings (SSSR count). The number of fused-ring (bicyclic) bond motifs is 3. The maximum atomic E-state index is 6.08. The molecule has 0 saturated heterocycles. The third-order valence-electron chi connectivity index (χ3n) is 3.33. The average Bonchev–Trinajstić information content (AvgIpc) is 2.75. The fourth-order valence-electron chi connectivity index (χ4n) is 2.16. The molecule has 0 amide bonds. The van der Waals surface area contributed by atoms with Gasteiger partial charge in [-0.05, 0) is 30.0 Å². The molecule has 4 heteroatoms. The molecule has 0 aliphatic carbocycles. The molecule has 94 valence electrons. The van der Waals surface area contributed by atoms with Crippen LogP contribution in [0.15, 0.2) is 18.2 Å². The molecule has 0 saturated carbocycles. The Morgan fingerprint density at radius 2 is 2.00 bits per heavy atom. The molecule has 2 aromatic heterocycles. The molecule has 0 bridgehead atoms. The van der Waals surface area contributed by atoms with Crippen molar-refractivity contribution in [1.29, 1.82) is 0 Å². The molecule has 0 unspecified atom stereocenters. The lowest BCUT2D eigenvalue weighted by molar-refractivity contribution is 0.591. The molecule has 2 heterocycles. The normalized spacial score (nSPS) is 12.7. The average molecular weight is 259 g/mol. The molecule has 0 radical (unpaired) electrons. The van der Waals surface area contributed by atoms with Crippen molar-refractivity contribution in [2.24, 2.45) is 0 Å². The van der Waals surface area contributed by atoms with Crippen LogP contribution in [0.2, 0.25) is 0 Å². The van der Waals surface area contributed by atoms with Crippen molar-refractivity contribution in [3.8, 4) is 0 Å². The van der Waals surface area contributed by atoms with Gasteiger partial charge in [0, 0.05) is 0 Å². The first-order valence-electron chi connectivity index (χ1n) is 6.05. The number of nitrogens with zero attached hydrogens (tertiary/aromatic N) is 2. The molecule has 2 N–H and O–H groups in total. The van der Waals surface area contributed by atoms with E-state index >= 15 is 0 Å². The van der Waals surface area contributed by atoms with Crippen LogP contribution in [-0.2, 0) is 5.41 Å². The zero-order valence-electron chi connectivity index (χ0n) is 11.1. The second kappa shape index (κ2) is 3.48. The standard InChI is InChI=1S/C14H17N3S/c1-8-12(15)17-10-6-5-9(14(2,3)4)7-11(10)18-13(17)16-8/h5-7H,15H2,1-4H3. The van der Waals surface area contributed by atoms with Gasteiger partial charge in [-0.25, -0.2) is 4.98 Å². The van der Waals surface area contributed by atoms with E-state index in [0.717, 1.165) is 22.0 Å². The van der Waals surface area contributed by atoms with E-state index in [-0.39, 0.29) is 5.41 Å². The van der Waals surface area contributed by atoms with Gasteiger partial charge >= 0.3 is 0 Å². The van der Waals surface area contributed by atoms with Crippen LogP contribution in [-0.4, -0.2) is 9.38 Å². The van der Waals surface area contributed by atoms with Gasteiger partial charge in [0.25, 0.3) is 0 Å². The Hall–Kier alpha value is -1.55. The number of thiazole rings is 1. The Labute approximate surface area is 110 Å². The first kappa shape index (κ1) is 11.5. The maximum absolute atomic E-state index is 6.08. The lowest BCUT2D eigenvalue weighted by Gasteiger charge is -2.18. The van der Waals surface area contributed by atoms with Crippen LogP contribution in [0.25, 0.3) is 15.2 Å². The highest BCUT2D eigenvalue weighted by Gasteiger charge is 2.17. The van der Waals surface area contributed by atoms with Crippen LogP contribution >= 0.6 is 11.3 Å². The summed E-state index contributed by atoms with van der Waals surface area (Å²) in [7, 11) is 0. The van der Waals surface area contributed by atoms with Gasteiger partial charge in [0.15, 0.2) is 4.96 Å². The summed E-state index contributed by atoms with van der Waals surface area (Å²) in [6, 6.07) is 6.59. The van der Waals surface area contributed by atoms with Crippen molar-refractivity contribution in [2.45, 2.75) is 33.1 Å². The molecule has 0 fully saturated rings. The van der Waals surface area contributed by atoms with Crippen LogP contribution < -0.4 is 5.73 Å². The number of benzene rings is 1. The zero-order chi connectivity index (χ0) is 13.1. The monoisotopic (exact) mass is 259 g/mol. The molecule has 3 nitrogen and oxygen atoms in total. The zero-order valence-corrected chi connectivity index (χ0v) is 11.9. The van der Waals surface area contributed by atoms with Gasteiger partial charge in [-0.15, -0.1) is 0 Å². The second-order valence-corrected chi connectivity index (χ2v) is 6.74. The SMILES string of the molecule is Cc1nc2sc3cc(C(C)(C)C)ccc3n2c1N. The number of anilines is 1. The minimum atomic E-state index is 0.168. The molecule has 18 heavy (non-hydrogen) atoms. The van der Waals surface area contributed by atoms with E-state index < -0.39 is 0 Å². The third kappa shape index (κ3) is 1.52. The minimum Gasteiger partial charge on any atom is -0.383 e. The fourth-order valence-corrected chi connectivity index (χ4v) is 3.28. The van der Waals surface area contributed by atoms with E-state index in [9.17, 15) is 0 Å². The van der Waals surface area contributed by atoms with Gasteiger partial charge in [0.1, 0.15) is 5.82 Å². The molecule has 0 aliphatic heterocycles. The van der Waals surface area contributed by atoms with E-state index in [1.54, 1.807) is 11.3 Å². The predicted molar refractivity (Wildman–Crippen MR) is 78.4 cm³/mol. The lowest BCUT2D eigenvalue weighted by Crippen LogP contribution is -2.10. The van der Waals surface area contributed by atoms with Crippen LogP contribution in [0, 0.1) is 6.92 Å². The van der Waals surface area contributed by atoms with Crippen molar-refractivity contribution < 1.29 is 0 Å². The van der Waals surface area contributed by atoms with Gasteiger partial charge in [-0.3, -0.25) is 4.40 Å². The molecule has 0 spiro atoms. The van der Waals surface area contributed by atoms with Gasteiger partial charge in [-0.1, -0.05) is 38.2 Å². The maximum Gasteiger partial charge on any atom is 0.196 e. The van der Waals surface area contributed by atoms with E-state index in [0.29, 0.717) is 0 Å². The lowest BCUT2D eigenvalue weighted by atomic mass is 9.87. The Kier molecular flexibility index (Phi) is 2.23. The Morgan fingerprint density at radius 1 is 1.28 bits per heavy atom. The number of hydrogen-bond donors (Lipinski definition) is 1. The largest absolute Gasteiger partial charge is 0.383 e. The summed E-state index contributed by atoms with van der Waals surface area (Å²) in [6.45, 7) is 8.63. The summed E-state index contributed by atoms with van der Waals surface area (Å²) >= 11 is 1.70. The highest BCUT2D eigenvalue weighted by molar-refractivity contribution is 7.23. The number of aromatic nitrogens is 2. The van der Waals surface area contributed by atoms with Gasteiger partial charge < -0.3 is 5.73 Å². The number of rotatable bonds is 0. The van der Waals surface area contributed by atoms with Crippen molar-refractivity contribution in [1.82, 2.24) is 9.38 Å². The number of nitrogens with two attached hydrogens (primary N) is 1. The van der Waals surface area contributed by atoms with Crippen LogP contribution in [0.3, 0.4) is 0 Å². The number of nitrogen functional groups attached to an aromatic ring is 1. The fraction of sp³-hybridized carbons (Fsp3) is 0.357. The molecular formula is C14H17N3S. The number of imidazole rings is 1. The highest BCUT2D eigenvalue weighted by atomic mass is 32.1. The van der Waals surface area contributed by atoms with Gasteiger partial charge in [0.05, 0.1) is 15.9 Å². The summed E-state index contributed by atoms with van der Waals surface area (Å²) in [5.41, 5.74) is 9.65. The molecule has 0 atom stereocenters. The topological polar surface area (TPSA) is 43.3 Å². The minimum absolute atomic E-state index is 0.168. The van der Waals surface area contributed by atoms with Crippen molar-refractivity contribution >= 4 is 32.3 Å². The first-order chi connectivity index (χ1) is 8.38. The van der Waals surface area contributed by atoms with Crippen molar-refractivity contribution in [2.75, 3.05) is 5.73 Å². The Bertz CT molecular complexity index is 744. The van der Waals surface area contributed by atoms with E-state index in [4.69, 9.17) is 5.73 Å². The highest BCUT2D eigenvalue weighted by Crippen LogP contribution is 2.33. The van der Waals surface area contributed by atoms with Gasteiger partial charge in [0.2, 0.25) is 0 Å². The van der Waals surface area contributed by atoms with Crippen LogP contribution in [0.1, 0.15) is 32.0 Å². The number of aryl methyl sites for hydroxylation is 1. The summed E-state index contributed by atoms with van der Waals surface area (Å²) in [5, 5.41) is 0. The van der Waals surface area contributed by atoms with E-state index in [1.165, 1.54) is 10.3 Å². The van der Waals surface area contributed by atoms with Crippen molar-refractivity contribution in [3.63, 3.8) is 0 Å². The summed E-state index contributed by atoms with van der Waals surface area (Å²) in [5.74, 6) is 0.750. The Balaban J connectivity index is 2.35. The molecule has 0 aliphatic rings. The predicted octanol–water partition coefficient (Wildman–Crippen LogP) is 3.74. The molecule has 1 aromatic carbocycles. The summed E-state index contributed by atoms with van der Waals surface area (Å²) < 4.78 is 3.29. The first-order valence-corrected chi connectivity index (χ1v) is 6.87. The molecular weight excluding hydrogens is 242 g/mol. The van der Waals surface area contributed by atoms with Crippen molar-refractivity contribution in [3.05, 3.63) is 29.5 Å². The van der Waals surface area contributed by atoms with Crippen LogP contribution in [0.5, 0.6) is 0 Å². The Morgan fingerprint density at radius 3 is 2.67 bits per heavy atom. The van der Waals surface area contributed by atoms with E-state index in [2.05, 4.69) is 44.0 Å². The number of hydrogen-bond acceptors (Lipinski definition) is 3. The quantitative estimate of drug-likeness (QED) is 0.668. The van der Waals surface area contributed by atoms with E-state index in [1.807, 2.05) is 11.3 Å². The van der Waals surface area contributed by atoms with Gasteiger partial charge in [-0.2, -0.15) is 0 Å². The second-order valence-electron chi connectivity index (χ2n) is 5.74. The molecule has 3 aromatic rings. The third-order valence-corrected chi connectivity index (χ3v) is 4.34. The summed E-state index contributed by atoms with van der Waals surface area (Å²) in [6.07, 6.45) is 0.